The molecular formula is C39H39N3O2. The Balaban J connectivity index is 0.855. The van der Waals surface area contributed by atoms with Crippen molar-refractivity contribution in [1.29, 1.82) is 0 Å². The van der Waals surface area contributed by atoms with Gasteiger partial charge < -0.3 is 16.0 Å². The number of unbranched alkanes of at least 4 members (excludes halogenated alkanes) is 3. The molecule has 0 heterocycles. The van der Waals surface area contributed by atoms with Crippen LogP contribution in [0.5, 0.6) is 0 Å². The standard InChI is InChI=1S/C39H39N3O2/c43-37(19-22-40-27-28-17-18-31-24-29-11-3-4-12-30(29)25-34(31)23-28)41-20-9-1-2-10-21-42-39(44)38-35-15-7-5-13-32(35)26-33-14-6-8-16-36(33)38/h3-8,11-18,23-26,40H,1-2,9-10,19-22,27H2,(H,41,43)(H,42,44). The lowest BCUT2D eigenvalue weighted by molar-refractivity contribution is -0.121. The number of rotatable bonds is 13. The second kappa shape index (κ2) is 14.2. The highest BCUT2D eigenvalue weighted by Crippen LogP contribution is 2.28. The SMILES string of the molecule is O=C(CCNCc1ccc2cc3ccccc3cc2c1)NCCCCCCNC(=O)c1c2ccccc2cc2ccccc12. The minimum absolute atomic E-state index is 0.0203. The van der Waals surface area contributed by atoms with Crippen LogP contribution in [-0.2, 0) is 11.3 Å². The van der Waals surface area contributed by atoms with Crippen LogP contribution in [-0.4, -0.2) is 31.4 Å². The topological polar surface area (TPSA) is 70.2 Å². The summed E-state index contributed by atoms with van der Waals surface area (Å²) in [5, 5.41) is 18.7. The lowest BCUT2D eigenvalue weighted by Gasteiger charge is -2.12. The van der Waals surface area contributed by atoms with E-state index in [-0.39, 0.29) is 11.8 Å². The molecule has 222 valence electrons. The second-order valence-corrected chi connectivity index (χ2v) is 11.5. The Morgan fingerprint density at radius 3 is 1.73 bits per heavy atom. The summed E-state index contributed by atoms with van der Waals surface area (Å²) in [6, 6.07) is 37.7. The van der Waals surface area contributed by atoms with E-state index in [1.165, 1.54) is 27.1 Å². The average molecular weight is 582 g/mol. The van der Waals surface area contributed by atoms with Crippen molar-refractivity contribution in [2.75, 3.05) is 19.6 Å². The van der Waals surface area contributed by atoms with Gasteiger partial charge in [-0.1, -0.05) is 97.8 Å². The van der Waals surface area contributed by atoms with Crippen LogP contribution in [0.1, 0.15) is 48.0 Å². The van der Waals surface area contributed by atoms with Gasteiger partial charge >= 0.3 is 0 Å². The second-order valence-electron chi connectivity index (χ2n) is 11.5. The normalized spacial score (nSPS) is 11.4. The van der Waals surface area contributed by atoms with Crippen molar-refractivity contribution in [2.24, 2.45) is 0 Å². The molecule has 6 rings (SSSR count). The van der Waals surface area contributed by atoms with Crippen molar-refractivity contribution in [3.8, 4) is 0 Å². The number of hydrogen-bond acceptors (Lipinski definition) is 3. The molecule has 0 bridgehead atoms. The van der Waals surface area contributed by atoms with Gasteiger partial charge in [0, 0.05) is 32.6 Å². The first-order chi connectivity index (χ1) is 21.7. The maximum atomic E-state index is 13.2. The predicted octanol–water partition coefficient (Wildman–Crippen LogP) is 7.89. The third-order valence-corrected chi connectivity index (χ3v) is 8.34. The molecule has 0 aliphatic carbocycles. The van der Waals surface area contributed by atoms with E-state index in [9.17, 15) is 9.59 Å². The maximum Gasteiger partial charge on any atom is 0.252 e. The molecule has 6 aromatic carbocycles. The van der Waals surface area contributed by atoms with Crippen LogP contribution in [0.15, 0.2) is 109 Å². The molecule has 0 unspecified atom stereocenters. The van der Waals surface area contributed by atoms with Gasteiger partial charge in [-0.05, 0) is 85.8 Å². The smallest absolute Gasteiger partial charge is 0.252 e. The third-order valence-electron chi connectivity index (χ3n) is 8.34. The summed E-state index contributed by atoms with van der Waals surface area (Å²) in [5.41, 5.74) is 1.97. The van der Waals surface area contributed by atoms with E-state index in [0.29, 0.717) is 26.1 Å². The summed E-state index contributed by atoms with van der Waals surface area (Å²) < 4.78 is 0. The first-order valence-corrected chi connectivity index (χ1v) is 15.7. The minimum Gasteiger partial charge on any atom is -0.356 e. The van der Waals surface area contributed by atoms with E-state index in [4.69, 9.17) is 0 Å². The molecule has 6 aromatic rings. The number of hydrogen-bond donors (Lipinski definition) is 3. The maximum absolute atomic E-state index is 13.2. The zero-order chi connectivity index (χ0) is 30.1. The van der Waals surface area contributed by atoms with Crippen LogP contribution in [0.2, 0.25) is 0 Å². The number of nitrogens with one attached hydrogen (secondary N) is 3. The predicted molar refractivity (Wildman–Crippen MR) is 183 cm³/mol. The Bertz CT molecular complexity index is 1880. The zero-order valence-electron chi connectivity index (χ0n) is 25.1. The molecule has 0 aliphatic heterocycles. The number of fused-ring (bicyclic) bond motifs is 4. The van der Waals surface area contributed by atoms with Gasteiger partial charge in [0.2, 0.25) is 5.91 Å². The number of carbonyl (C=O) groups is 2. The lowest BCUT2D eigenvalue weighted by atomic mass is 9.96. The van der Waals surface area contributed by atoms with Crippen molar-refractivity contribution in [2.45, 2.75) is 38.6 Å². The monoisotopic (exact) mass is 581 g/mol. The summed E-state index contributed by atoms with van der Waals surface area (Å²) in [5.74, 6) is 0.0603. The number of carbonyl (C=O) groups excluding carboxylic acids is 2. The average Bonchev–Trinajstić information content (AvgIpc) is 3.05. The van der Waals surface area contributed by atoms with Crippen molar-refractivity contribution in [1.82, 2.24) is 16.0 Å². The molecule has 0 atom stereocenters. The Kier molecular flexibility index (Phi) is 9.44. The fraction of sp³-hybridized carbons (Fsp3) is 0.231. The van der Waals surface area contributed by atoms with E-state index in [1.807, 2.05) is 36.4 Å². The van der Waals surface area contributed by atoms with Gasteiger partial charge in [0.15, 0.2) is 0 Å². The van der Waals surface area contributed by atoms with Crippen LogP contribution >= 0.6 is 0 Å². The Hall–Kier alpha value is -4.74. The molecule has 0 radical (unpaired) electrons. The molecule has 0 aromatic heterocycles. The van der Waals surface area contributed by atoms with Crippen LogP contribution in [0.3, 0.4) is 0 Å². The molecule has 5 heteroatoms. The highest BCUT2D eigenvalue weighted by molar-refractivity contribution is 6.18. The minimum atomic E-state index is -0.0203. The highest BCUT2D eigenvalue weighted by Gasteiger charge is 2.14. The molecule has 5 nitrogen and oxygen atoms in total. The Morgan fingerprint density at radius 1 is 0.500 bits per heavy atom. The van der Waals surface area contributed by atoms with Crippen molar-refractivity contribution in [3.05, 3.63) is 120 Å². The van der Waals surface area contributed by atoms with Crippen molar-refractivity contribution >= 4 is 54.9 Å². The molecule has 0 saturated heterocycles. The molecule has 0 spiro atoms. The van der Waals surface area contributed by atoms with Crippen LogP contribution in [0, 0.1) is 0 Å². The van der Waals surface area contributed by atoms with E-state index in [0.717, 1.165) is 59.3 Å². The van der Waals surface area contributed by atoms with Crippen LogP contribution in [0.4, 0.5) is 0 Å². The quantitative estimate of drug-likeness (QED) is 0.0960. The largest absolute Gasteiger partial charge is 0.356 e. The molecule has 0 fully saturated rings. The zero-order valence-corrected chi connectivity index (χ0v) is 25.1. The van der Waals surface area contributed by atoms with E-state index in [2.05, 4.69) is 88.7 Å². The summed E-state index contributed by atoms with van der Waals surface area (Å²) in [7, 11) is 0. The first-order valence-electron chi connectivity index (χ1n) is 15.7. The summed E-state index contributed by atoms with van der Waals surface area (Å²) in [6.45, 7) is 2.71. The van der Waals surface area contributed by atoms with E-state index < -0.39 is 0 Å². The van der Waals surface area contributed by atoms with Gasteiger partial charge in [0.1, 0.15) is 0 Å². The Morgan fingerprint density at radius 2 is 1.05 bits per heavy atom. The van der Waals surface area contributed by atoms with Crippen molar-refractivity contribution in [3.63, 3.8) is 0 Å². The molecular weight excluding hydrogens is 542 g/mol. The van der Waals surface area contributed by atoms with Crippen LogP contribution in [0.25, 0.3) is 43.1 Å². The van der Waals surface area contributed by atoms with E-state index in [1.54, 1.807) is 0 Å². The van der Waals surface area contributed by atoms with Gasteiger partial charge in [0.05, 0.1) is 5.56 Å². The lowest BCUT2D eigenvalue weighted by Crippen LogP contribution is -2.28. The van der Waals surface area contributed by atoms with Crippen molar-refractivity contribution < 1.29 is 9.59 Å². The van der Waals surface area contributed by atoms with Gasteiger partial charge in [-0.2, -0.15) is 0 Å². The van der Waals surface area contributed by atoms with Gasteiger partial charge in [0.25, 0.3) is 5.91 Å². The first kappa shape index (κ1) is 29.3. The summed E-state index contributed by atoms with van der Waals surface area (Å²) in [4.78, 5) is 25.5. The summed E-state index contributed by atoms with van der Waals surface area (Å²) >= 11 is 0. The van der Waals surface area contributed by atoms with Gasteiger partial charge in [-0.3, -0.25) is 9.59 Å². The fourth-order valence-electron chi connectivity index (χ4n) is 6.00. The fourth-order valence-corrected chi connectivity index (χ4v) is 6.00. The Labute approximate surface area is 258 Å². The van der Waals surface area contributed by atoms with Gasteiger partial charge in [-0.15, -0.1) is 0 Å². The molecule has 0 aliphatic rings. The third kappa shape index (κ3) is 7.07. The molecule has 3 N–H and O–H groups in total. The summed E-state index contributed by atoms with van der Waals surface area (Å²) in [6.07, 6.45) is 4.34. The van der Waals surface area contributed by atoms with Gasteiger partial charge in [-0.25, -0.2) is 0 Å². The number of benzene rings is 6. The highest BCUT2D eigenvalue weighted by atomic mass is 16.2. The molecule has 2 amide bonds. The van der Waals surface area contributed by atoms with Crippen LogP contribution < -0.4 is 16.0 Å². The van der Waals surface area contributed by atoms with E-state index >= 15 is 0 Å². The number of amides is 2. The molecule has 0 saturated carbocycles. The molecule has 44 heavy (non-hydrogen) atoms.